The Labute approximate surface area is 199 Å². The van der Waals surface area contributed by atoms with Gasteiger partial charge in [-0.15, -0.1) is 0 Å². The zero-order chi connectivity index (χ0) is 23.5. The van der Waals surface area contributed by atoms with Crippen molar-refractivity contribution in [1.82, 2.24) is 20.6 Å². The third-order valence-corrected chi connectivity index (χ3v) is 6.35. The van der Waals surface area contributed by atoms with E-state index in [1.54, 1.807) is 13.2 Å². The summed E-state index contributed by atoms with van der Waals surface area (Å²) in [5.74, 6) is -0.226. The van der Waals surface area contributed by atoms with E-state index in [-0.39, 0.29) is 17.4 Å². The average Bonchev–Trinajstić information content (AvgIpc) is 3.30. The fourth-order valence-electron chi connectivity index (χ4n) is 4.54. The highest BCUT2D eigenvalue weighted by Crippen LogP contribution is 2.34. The summed E-state index contributed by atoms with van der Waals surface area (Å²) in [6.45, 7) is 0.739. The lowest BCUT2D eigenvalue weighted by atomic mass is 9.99. The van der Waals surface area contributed by atoms with E-state index in [2.05, 4.69) is 75.2 Å². The topological polar surface area (TPSA) is 92.9 Å². The number of nitrogens with one attached hydrogen (secondary N) is 2. The first-order chi connectivity index (χ1) is 16.6. The van der Waals surface area contributed by atoms with Crippen LogP contribution in [-0.4, -0.2) is 22.9 Å². The van der Waals surface area contributed by atoms with Crippen molar-refractivity contribution < 1.29 is 4.79 Å². The largest absolute Gasteiger partial charge is 0.382 e. The Hall–Kier alpha value is -4.03. The van der Waals surface area contributed by atoms with Crippen LogP contribution in [0.5, 0.6) is 0 Å². The van der Waals surface area contributed by atoms with E-state index in [1.165, 1.54) is 22.3 Å². The highest BCUT2D eigenvalue weighted by Gasteiger charge is 2.22. The fraction of sp³-hybridized carbons (Fsp3) is 0.179. The predicted molar refractivity (Wildman–Crippen MR) is 135 cm³/mol. The summed E-state index contributed by atoms with van der Waals surface area (Å²) < 4.78 is 0. The molecule has 170 valence electrons. The highest BCUT2D eigenvalue weighted by atomic mass is 16.1. The number of nitrogens with two attached hydrogens (primary N) is 1. The van der Waals surface area contributed by atoms with Crippen LogP contribution in [0.2, 0.25) is 0 Å². The van der Waals surface area contributed by atoms with Crippen molar-refractivity contribution in [3.63, 3.8) is 0 Å². The van der Waals surface area contributed by atoms with Crippen LogP contribution in [0, 0.1) is 0 Å². The van der Waals surface area contributed by atoms with E-state index in [0.29, 0.717) is 11.7 Å². The van der Waals surface area contributed by atoms with Crippen molar-refractivity contribution in [2.24, 2.45) is 0 Å². The van der Waals surface area contributed by atoms with Crippen molar-refractivity contribution in [3.8, 4) is 22.4 Å². The van der Waals surface area contributed by atoms with Crippen molar-refractivity contribution in [3.05, 3.63) is 101 Å². The Morgan fingerprint density at radius 1 is 1.00 bits per heavy atom. The summed E-state index contributed by atoms with van der Waals surface area (Å²) >= 11 is 0. The fourth-order valence-corrected chi connectivity index (χ4v) is 4.54. The van der Waals surface area contributed by atoms with E-state index in [4.69, 9.17) is 5.73 Å². The van der Waals surface area contributed by atoms with Crippen LogP contribution < -0.4 is 16.4 Å². The molecule has 0 bridgehead atoms. The van der Waals surface area contributed by atoms with Crippen LogP contribution in [0.3, 0.4) is 0 Å². The van der Waals surface area contributed by atoms with Gasteiger partial charge in [0, 0.05) is 25.2 Å². The van der Waals surface area contributed by atoms with Crippen LogP contribution >= 0.6 is 0 Å². The predicted octanol–water partition coefficient (Wildman–Crippen LogP) is 4.53. The molecule has 1 aromatic heterocycles. The number of aryl methyl sites for hydroxylation is 1. The van der Waals surface area contributed by atoms with E-state index in [9.17, 15) is 4.79 Å². The van der Waals surface area contributed by atoms with Crippen LogP contribution in [-0.2, 0) is 13.0 Å². The zero-order valence-electron chi connectivity index (χ0n) is 19.1. The molecule has 4 N–H and O–H groups in total. The quantitative estimate of drug-likeness (QED) is 0.402. The number of carbonyl (C=O) groups is 1. The van der Waals surface area contributed by atoms with Gasteiger partial charge in [-0.25, -0.2) is 9.97 Å². The molecule has 0 fully saturated rings. The summed E-state index contributed by atoms with van der Waals surface area (Å²) in [5.41, 5.74) is 14.0. The highest BCUT2D eigenvalue weighted by molar-refractivity contribution is 5.96. The number of amides is 1. The minimum Gasteiger partial charge on any atom is -0.382 e. The van der Waals surface area contributed by atoms with Gasteiger partial charge < -0.3 is 16.4 Å². The molecule has 0 radical (unpaired) electrons. The average molecular weight is 450 g/mol. The molecule has 1 aliphatic carbocycles. The van der Waals surface area contributed by atoms with E-state index in [1.807, 2.05) is 18.2 Å². The molecule has 3 aromatic carbocycles. The van der Waals surface area contributed by atoms with E-state index >= 15 is 0 Å². The van der Waals surface area contributed by atoms with E-state index in [0.717, 1.165) is 30.5 Å². The Morgan fingerprint density at radius 2 is 1.82 bits per heavy atom. The molecule has 1 amide bonds. The van der Waals surface area contributed by atoms with Crippen LogP contribution in [0.25, 0.3) is 22.4 Å². The molecule has 5 rings (SSSR count). The number of rotatable bonds is 6. The molecule has 1 unspecified atom stereocenters. The third kappa shape index (κ3) is 4.40. The molecular formula is C28H27N5O. The molecule has 4 aromatic rings. The van der Waals surface area contributed by atoms with Crippen LogP contribution in [0.15, 0.2) is 79.0 Å². The van der Waals surface area contributed by atoms with Gasteiger partial charge in [0.05, 0.1) is 11.9 Å². The lowest BCUT2D eigenvalue weighted by Crippen LogP contribution is -2.21. The maximum Gasteiger partial charge on any atom is 0.273 e. The van der Waals surface area contributed by atoms with Gasteiger partial charge >= 0.3 is 0 Å². The van der Waals surface area contributed by atoms with Gasteiger partial charge in [-0.3, -0.25) is 4.79 Å². The standard InChI is InChI=1S/C28H27N5O/c1-30-28(34)26-27(29)32-17-25(33-26)22-9-5-6-18(14-22)16-31-24-13-11-21-15-20(10-12-23(21)24)19-7-3-2-4-8-19/h2-10,12,14-15,17,24,31H,11,13,16H2,1H3,(H2,29,32)(H,30,34). The minimum atomic E-state index is -0.347. The number of nitrogens with zero attached hydrogens (tertiary/aromatic N) is 2. The molecule has 0 saturated carbocycles. The van der Waals surface area contributed by atoms with Crippen LogP contribution in [0.1, 0.15) is 39.6 Å². The lowest BCUT2D eigenvalue weighted by Gasteiger charge is -2.15. The molecule has 0 aliphatic heterocycles. The molecule has 1 atom stereocenters. The SMILES string of the molecule is CNC(=O)c1nc(-c2cccc(CNC3CCc4cc(-c5ccccc5)ccc43)c2)cnc1N. The maximum atomic E-state index is 12.0. The number of carbonyl (C=O) groups excluding carboxylic acids is 1. The Bertz CT molecular complexity index is 1340. The summed E-state index contributed by atoms with van der Waals surface area (Å²) in [4.78, 5) is 20.6. The second kappa shape index (κ2) is 9.45. The molecule has 0 saturated heterocycles. The van der Waals surface area contributed by atoms with Crippen molar-refractivity contribution >= 4 is 11.7 Å². The van der Waals surface area contributed by atoms with Crippen LogP contribution in [0.4, 0.5) is 5.82 Å². The Kier molecular flexibility index (Phi) is 6.06. The molecule has 0 spiro atoms. The summed E-state index contributed by atoms with van der Waals surface area (Å²) in [7, 11) is 1.55. The molecule has 1 aliphatic rings. The van der Waals surface area contributed by atoms with Crippen molar-refractivity contribution in [2.45, 2.75) is 25.4 Å². The van der Waals surface area contributed by atoms with E-state index < -0.39 is 0 Å². The van der Waals surface area contributed by atoms with Gasteiger partial charge in [0.15, 0.2) is 11.5 Å². The van der Waals surface area contributed by atoms with Crippen molar-refractivity contribution in [2.75, 3.05) is 12.8 Å². The Balaban J connectivity index is 1.30. The van der Waals surface area contributed by atoms with Gasteiger partial charge in [-0.05, 0) is 46.7 Å². The second-order valence-corrected chi connectivity index (χ2v) is 8.52. The van der Waals surface area contributed by atoms with Gasteiger partial charge in [0.2, 0.25) is 0 Å². The number of nitrogen functional groups attached to an aromatic ring is 1. The molecule has 34 heavy (non-hydrogen) atoms. The maximum absolute atomic E-state index is 12.0. The number of fused-ring (bicyclic) bond motifs is 1. The normalized spacial score (nSPS) is 14.6. The first kappa shape index (κ1) is 21.8. The molecular weight excluding hydrogens is 422 g/mol. The smallest absolute Gasteiger partial charge is 0.273 e. The number of anilines is 1. The number of hydrogen-bond acceptors (Lipinski definition) is 5. The number of aromatic nitrogens is 2. The first-order valence-electron chi connectivity index (χ1n) is 11.5. The zero-order valence-corrected chi connectivity index (χ0v) is 19.1. The summed E-state index contributed by atoms with van der Waals surface area (Å²) in [5, 5.41) is 6.27. The second-order valence-electron chi connectivity index (χ2n) is 8.52. The molecule has 6 heteroatoms. The molecule has 6 nitrogen and oxygen atoms in total. The monoisotopic (exact) mass is 449 g/mol. The minimum absolute atomic E-state index is 0.122. The lowest BCUT2D eigenvalue weighted by molar-refractivity contribution is 0.0959. The van der Waals surface area contributed by atoms with Gasteiger partial charge in [0.1, 0.15) is 0 Å². The number of benzene rings is 3. The summed E-state index contributed by atoms with van der Waals surface area (Å²) in [6, 6.07) is 25.8. The first-order valence-corrected chi connectivity index (χ1v) is 11.5. The third-order valence-electron chi connectivity index (χ3n) is 6.35. The van der Waals surface area contributed by atoms with Gasteiger partial charge in [-0.2, -0.15) is 0 Å². The van der Waals surface area contributed by atoms with Gasteiger partial charge in [-0.1, -0.05) is 66.7 Å². The van der Waals surface area contributed by atoms with Gasteiger partial charge in [0.25, 0.3) is 5.91 Å². The Morgan fingerprint density at radius 3 is 2.65 bits per heavy atom. The van der Waals surface area contributed by atoms with Crippen molar-refractivity contribution in [1.29, 1.82) is 0 Å². The summed E-state index contributed by atoms with van der Waals surface area (Å²) in [6.07, 6.45) is 3.77. The molecule has 1 heterocycles. The number of hydrogen-bond donors (Lipinski definition) is 3.